The average molecular weight is 293 g/mol. The summed E-state index contributed by atoms with van der Waals surface area (Å²) < 4.78 is 38.9. The number of nitrogens with zero attached hydrogens (tertiary/aromatic N) is 4. The zero-order valence-corrected chi connectivity index (χ0v) is 9.20. The van der Waals surface area contributed by atoms with E-state index in [1.54, 1.807) is 0 Å². The fraction of sp³-hybridized carbons (Fsp3) is 0.125. The zero-order chi connectivity index (χ0) is 11.8. The van der Waals surface area contributed by atoms with Gasteiger partial charge in [0.05, 0.1) is 10.7 Å². The summed E-state index contributed by atoms with van der Waals surface area (Å²) in [6.45, 7) is 0. The highest BCUT2D eigenvalue weighted by Gasteiger charge is 2.32. The van der Waals surface area contributed by atoms with Crippen LogP contribution in [0.1, 0.15) is 5.69 Å². The van der Waals surface area contributed by atoms with Crippen LogP contribution >= 0.6 is 15.9 Å². The molecule has 16 heavy (non-hydrogen) atoms. The Morgan fingerprint density at radius 2 is 2.06 bits per heavy atom. The van der Waals surface area contributed by atoms with Gasteiger partial charge in [0.1, 0.15) is 5.69 Å². The van der Waals surface area contributed by atoms with Crippen LogP contribution in [0.5, 0.6) is 0 Å². The lowest BCUT2D eigenvalue weighted by Gasteiger charge is -2.06. The molecule has 0 amide bonds. The standard InChI is InChI=1S/C8H4BrF3N4/c9-5-3-14-16(4-5)7-13-2-1-6(15-7)8(10,11)12/h1-4H. The Balaban J connectivity index is 2.44. The summed E-state index contributed by atoms with van der Waals surface area (Å²) in [7, 11) is 0. The number of hydrogen-bond donors (Lipinski definition) is 0. The molecule has 0 aliphatic rings. The van der Waals surface area contributed by atoms with E-state index in [0.717, 1.165) is 16.9 Å². The molecule has 0 radical (unpaired) electrons. The van der Waals surface area contributed by atoms with Gasteiger partial charge in [-0.15, -0.1) is 0 Å². The van der Waals surface area contributed by atoms with Crippen molar-refractivity contribution in [2.45, 2.75) is 6.18 Å². The van der Waals surface area contributed by atoms with Crippen LogP contribution in [0.25, 0.3) is 5.95 Å². The fourth-order valence-corrected chi connectivity index (χ4v) is 1.31. The third kappa shape index (κ3) is 2.21. The highest BCUT2D eigenvalue weighted by atomic mass is 79.9. The van der Waals surface area contributed by atoms with Gasteiger partial charge in [0.2, 0.25) is 0 Å². The van der Waals surface area contributed by atoms with Crippen molar-refractivity contribution in [3.8, 4) is 5.95 Å². The Morgan fingerprint density at radius 3 is 2.62 bits per heavy atom. The van der Waals surface area contributed by atoms with E-state index in [-0.39, 0.29) is 5.95 Å². The first-order valence-corrected chi connectivity index (χ1v) is 4.87. The van der Waals surface area contributed by atoms with Gasteiger partial charge in [-0.25, -0.2) is 14.6 Å². The lowest BCUT2D eigenvalue weighted by atomic mass is 10.4. The molecule has 0 saturated carbocycles. The molecule has 2 aromatic heterocycles. The zero-order valence-electron chi connectivity index (χ0n) is 7.61. The highest BCUT2D eigenvalue weighted by molar-refractivity contribution is 9.10. The minimum absolute atomic E-state index is 0.125. The fourth-order valence-electron chi connectivity index (χ4n) is 1.03. The van der Waals surface area contributed by atoms with E-state index in [1.165, 1.54) is 12.4 Å². The molecule has 0 saturated heterocycles. The predicted octanol–water partition coefficient (Wildman–Crippen LogP) is 2.44. The smallest absolute Gasteiger partial charge is 0.220 e. The van der Waals surface area contributed by atoms with Gasteiger partial charge in [0.25, 0.3) is 5.95 Å². The Bertz CT molecular complexity index is 508. The van der Waals surface area contributed by atoms with Crippen molar-refractivity contribution in [1.29, 1.82) is 0 Å². The molecule has 0 aliphatic heterocycles. The molecule has 0 spiro atoms. The summed E-state index contributed by atoms with van der Waals surface area (Å²) in [5, 5.41) is 3.79. The lowest BCUT2D eigenvalue weighted by Crippen LogP contribution is -2.11. The predicted molar refractivity (Wildman–Crippen MR) is 51.9 cm³/mol. The van der Waals surface area contributed by atoms with Crippen LogP contribution in [0.4, 0.5) is 13.2 Å². The molecule has 0 bridgehead atoms. The van der Waals surface area contributed by atoms with E-state index in [4.69, 9.17) is 0 Å². The third-order valence-corrected chi connectivity index (χ3v) is 2.10. The molecule has 2 aromatic rings. The van der Waals surface area contributed by atoms with Crippen LogP contribution in [0.2, 0.25) is 0 Å². The Morgan fingerprint density at radius 1 is 1.31 bits per heavy atom. The molecule has 8 heteroatoms. The van der Waals surface area contributed by atoms with Crippen LogP contribution in [-0.4, -0.2) is 19.7 Å². The monoisotopic (exact) mass is 292 g/mol. The molecule has 0 N–H and O–H groups in total. The lowest BCUT2D eigenvalue weighted by molar-refractivity contribution is -0.141. The second-order valence-electron chi connectivity index (χ2n) is 2.84. The number of alkyl halides is 3. The van der Waals surface area contributed by atoms with Crippen LogP contribution in [0.15, 0.2) is 29.1 Å². The summed E-state index contributed by atoms with van der Waals surface area (Å²) in [5.41, 5.74) is -0.996. The van der Waals surface area contributed by atoms with Crippen LogP contribution in [0.3, 0.4) is 0 Å². The topological polar surface area (TPSA) is 43.6 Å². The van der Waals surface area contributed by atoms with Gasteiger partial charge in [-0.3, -0.25) is 0 Å². The van der Waals surface area contributed by atoms with E-state index >= 15 is 0 Å². The minimum Gasteiger partial charge on any atom is -0.220 e. The summed E-state index contributed by atoms with van der Waals surface area (Å²) in [4.78, 5) is 7.08. The van der Waals surface area contributed by atoms with E-state index in [0.29, 0.717) is 4.47 Å². The van der Waals surface area contributed by atoms with Crippen LogP contribution < -0.4 is 0 Å². The maximum absolute atomic E-state index is 12.4. The molecular weight excluding hydrogens is 289 g/mol. The average Bonchev–Trinajstić information content (AvgIpc) is 2.64. The van der Waals surface area contributed by atoms with Crippen molar-refractivity contribution in [3.63, 3.8) is 0 Å². The summed E-state index contributed by atoms with van der Waals surface area (Å²) in [6, 6.07) is 0.808. The molecule has 2 rings (SSSR count). The van der Waals surface area contributed by atoms with E-state index in [2.05, 4.69) is 31.0 Å². The molecule has 4 nitrogen and oxygen atoms in total. The normalized spacial score (nSPS) is 11.8. The van der Waals surface area contributed by atoms with Crippen molar-refractivity contribution >= 4 is 15.9 Å². The number of rotatable bonds is 1. The van der Waals surface area contributed by atoms with Crippen molar-refractivity contribution in [1.82, 2.24) is 19.7 Å². The highest BCUT2D eigenvalue weighted by Crippen LogP contribution is 2.27. The Hall–Kier alpha value is -1.44. The molecule has 84 valence electrons. The summed E-state index contributed by atoms with van der Waals surface area (Å²) in [6.07, 6.45) is -0.540. The van der Waals surface area contributed by atoms with Gasteiger partial charge in [-0.2, -0.15) is 18.3 Å². The first kappa shape index (κ1) is 11.1. The molecule has 0 fully saturated rings. The third-order valence-electron chi connectivity index (χ3n) is 1.69. The molecule has 0 unspecified atom stereocenters. The SMILES string of the molecule is FC(F)(F)c1ccnc(-n2cc(Br)cn2)n1. The van der Waals surface area contributed by atoms with Crippen molar-refractivity contribution < 1.29 is 13.2 Å². The molecule has 2 heterocycles. The van der Waals surface area contributed by atoms with Gasteiger partial charge in [0, 0.05) is 12.4 Å². The van der Waals surface area contributed by atoms with E-state index in [1.807, 2.05) is 0 Å². The summed E-state index contributed by atoms with van der Waals surface area (Å²) >= 11 is 3.13. The molecule has 0 atom stereocenters. The second kappa shape index (κ2) is 3.85. The van der Waals surface area contributed by atoms with Crippen LogP contribution in [0, 0.1) is 0 Å². The first-order chi connectivity index (χ1) is 7.47. The Labute approximate surface area is 96.3 Å². The van der Waals surface area contributed by atoms with Gasteiger partial charge in [-0.1, -0.05) is 0 Å². The van der Waals surface area contributed by atoms with Crippen LogP contribution in [-0.2, 0) is 6.18 Å². The van der Waals surface area contributed by atoms with Crippen molar-refractivity contribution in [2.24, 2.45) is 0 Å². The van der Waals surface area contributed by atoms with Gasteiger partial charge < -0.3 is 0 Å². The van der Waals surface area contributed by atoms with E-state index in [9.17, 15) is 13.2 Å². The second-order valence-corrected chi connectivity index (χ2v) is 3.76. The minimum atomic E-state index is -4.48. The van der Waals surface area contributed by atoms with Gasteiger partial charge in [0.15, 0.2) is 0 Å². The van der Waals surface area contributed by atoms with Crippen molar-refractivity contribution in [2.75, 3.05) is 0 Å². The molecular formula is C8H4BrF3N4. The maximum atomic E-state index is 12.4. The largest absolute Gasteiger partial charge is 0.433 e. The number of hydrogen-bond acceptors (Lipinski definition) is 3. The van der Waals surface area contributed by atoms with E-state index < -0.39 is 11.9 Å². The first-order valence-electron chi connectivity index (χ1n) is 4.07. The number of halogens is 4. The maximum Gasteiger partial charge on any atom is 0.433 e. The summed E-state index contributed by atoms with van der Waals surface area (Å²) in [5.74, 6) is -0.125. The van der Waals surface area contributed by atoms with Gasteiger partial charge >= 0.3 is 6.18 Å². The van der Waals surface area contributed by atoms with Crippen molar-refractivity contribution in [3.05, 3.63) is 34.8 Å². The number of aromatic nitrogens is 4. The Kier molecular flexibility index (Phi) is 2.66. The molecule has 0 aromatic carbocycles. The van der Waals surface area contributed by atoms with Gasteiger partial charge in [-0.05, 0) is 22.0 Å². The molecule has 0 aliphatic carbocycles. The quantitative estimate of drug-likeness (QED) is 0.811.